The van der Waals surface area contributed by atoms with Crippen molar-refractivity contribution in [3.05, 3.63) is 86.3 Å². The summed E-state index contributed by atoms with van der Waals surface area (Å²) in [5.74, 6) is 0.0546. The second-order valence-corrected chi connectivity index (χ2v) is 8.71. The third-order valence-corrected chi connectivity index (χ3v) is 6.08. The molecule has 0 spiro atoms. The van der Waals surface area contributed by atoms with E-state index >= 15 is 0 Å². The maximum Gasteiger partial charge on any atom is 0.341 e. The zero-order valence-corrected chi connectivity index (χ0v) is 17.5. The number of allylic oxidation sites excluding steroid dienone is 5. The summed E-state index contributed by atoms with van der Waals surface area (Å²) in [7, 11) is -4.74. The van der Waals surface area contributed by atoms with Crippen LogP contribution in [0, 0.1) is 0 Å². The number of aromatic hydroxyl groups is 1. The highest BCUT2D eigenvalue weighted by atomic mass is 79.9. The second kappa shape index (κ2) is 7.55. The summed E-state index contributed by atoms with van der Waals surface area (Å²) in [5, 5.41) is 9.71. The van der Waals surface area contributed by atoms with Crippen LogP contribution in [-0.2, 0) is 10.1 Å². The van der Waals surface area contributed by atoms with Gasteiger partial charge in [-0.3, -0.25) is 4.79 Å². The SMILES string of the molecule is O=S(=O)([O-])c1ccccc1/C(=C1\C=CC(=[OH+])C=C1Br)c1ccc(O)cc1Br. The van der Waals surface area contributed by atoms with Crippen molar-refractivity contribution in [2.75, 3.05) is 0 Å². The molecule has 0 atom stereocenters. The van der Waals surface area contributed by atoms with Crippen molar-refractivity contribution in [1.82, 2.24) is 0 Å². The van der Waals surface area contributed by atoms with Crippen molar-refractivity contribution < 1.29 is 22.9 Å². The Labute approximate surface area is 172 Å². The van der Waals surface area contributed by atoms with Crippen LogP contribution in [0.15, 0.2) is 80.1 Å². The molecule has 8 heteroatoms. The Bertz CT molecular complexity index is 1140. The van der Waals surface area contributed by atoms with Crippen molar-refractivity contribution in [3.63, 3.8) is 0 Å². The lowest BCUT2D eigenvalue weighted by atomic mass is 9.91. The van der Waals surface area contributed by atoms with Gasteiger partial charge in [-0.1, -0.05) is 34.1 Å². The lowest BCUT2D eigenvalue weighted by molar-refractivity contribution is 0.462. The molecule has 0 fully saturated rings. The molecular weight excluding hydrogens is 500 g/mol. The van der Waals surface area contributed by atoms with Gasteiger partial charge < -0.3 is 9.66 Å². The van der Waals surface area contributed by atoms with E-state index in [1.54, 1.807) is 24.3 Å². The van der Waals surface area contributed by atoms with E-state index in [0.29, 0.717) is 25.7 Å². The standard InChI is InChI=1S/C19H12Br2O5S/c20-16-9-11(22)5-7-13(16)19(14-8-6-12(23)10-17(14)21)15-3-1-2-4-18(15)27(24,25)26/h1-10,22H,(H,24,25,26)/b19-14+. The largest absolute Gasteiger partial charge is 0.744 e. The van der Waals surface area contributed by atoms with E-state index in [2.05, 4.69) is 31.9 Å². The fourth-order valence-corrected chi connectivity index (χ4v) is 4.55. The van der Waals surface area contributed by atoms with E-state index in [9.17, 15) is 22.9 Å². The second-order valence-electron chi connectivity index (χ2n) is 5.65. The van der Waals surface area contributed by atoms with Gasteiger partial charge in [0.05, 0.1) is 11.0 Å². The van der Waals surface area contributed by atoms with Crippen LogP contribution in [0.2, 0.25) is 0 Å². The normalized spacial score (nSPS) is 16.3. The molecule has 2 aromatic carbocycles. The Morgan fingerprint density at radius 1 is 1.04 bits per heavy atom. The molecule has 3 rings (SSSR count). The number of hydrogen-bond donors (Lipinski definition) is 1. The number of ketones is 1. The fraction of sp³-hybridized carbons (Fsp3) is 0. The molecular formula is C19H12Br2O5S. The van der Waals surface area contributed by atoms with Gasteiger partial charge in [0, 0.05) is 20.6 Å². The molecule has 0 bridgehead atoms. The van der Waals surface area contributed by atoms with Crippen LogP contribution in [0.25, 0.3) is 5.57 Å². The van der Waals surface area contributed by atoms with Gasteiger partial charge in [-0.2, -0.15) is 0 Å². The molecule has 1 aliphatic carbocycles. The van der Waals surface area contributed by atoms with E-state index in [-0.39, 0.29) is 22.0 Å². The number of carbonyl (C=O) groups excluding carboxylic acids is 1. The highest BCUT2D eigenvalue weighted by molar-refractivity contribution is 9.12. The minimum absolute atomic E-state index is 0.0273. The van der Waals surface area contributed by atoms with Gasteiger partial charge in [-0.05, 0) is 63.0 Å². The van der Waals surface area contributed by atoms with Gasteiger partial charge >= 0.3 is 5.78 Å². The van der Waals surface area contributed by atoms with Crippen LogP contribution in [0.5, 0.6) is 5.75 Å². The molecule has 138 valence electrons. The lowest BCUT2D eigenvalue weighted by Gasteiger charge is -2.20. The van der Waals surface area contributed by atoms with Crippen molar-refractivity contribution in [2.45, 2.75) is 4.90 Å². The zero-order valence-electron chi connectivity index (χ0n) is 13.6. The predicted octanol–water partition coefficient (Wildman–Crippen LogP) is 4.25. The van der Waals surface area contributed by atoms with Gasteiger partial charge in [0.2, 0.25) is 0 Å². The van der Waals surface area contributed by atoms with E-state index in [4.69, 9.17) is 0 Å². The first-order valence-corrected chi connectivity index (χ1v) is 10.6. The Morgan fingerprint density at radius 2 is 1.74 bits per heavy atom. The molecule has 0 unspecified atom stereocenters. The first-order valence-electron chi connectivity index (χ1n) is 7.58. The van der Waals surface area contributed by atoms with Gasteiger partial charge in [-0.15, -0.1) is 0 Å². The molecule has 27 heavy (non-hydrogen) atoms. The number of phenols is 1. The monoisotopic (exact) mass is 510 g/mol. The average Bonchev–Trinajstić information content (AvgIpc) is 2.58. The molecule has 0 heterocycles. The Hall–Kier alpha value is -2.00. The molecule has 1 aliphatic rings. The van der Waals surface area contributed by atoms with Crippen molar-refractivity contribution in [2.24, 2.45) is 0 Å². The summed E-state index contributed by atoms with van der Waals surface area (Å²) >= 11 is 6.77. The van der Waals surface area contributed by atoms with Crippen molar-refractivity contribution >= 4 is 53.3 Å². The highest BCUT2D eigenvalue weighted by Gasteiger charge is 2.23. The zero-order chi connectivity index (χ0) is 19.8. The van der Waals surface area contributed by atoms with Crippen molar-refractivity contribution in [1.29, 1.82) is 0 Å². The van der Waals surface area contributed by atoms with Gasteiger partial charge in [0.15, 0.2) is 0 Å². The summed E-state index contributed by atoms with van der Waals surface area (Å²) in [4.78, 5) is 9.35. The Kier molecular flexibility index (Phi) is 5.53. The number of halogens is 2. The molecule has 0 saturated heterocycles. The predicted molar refractivity (Wildman–Crippen MR) is 109 cm³/mol. The molecule has 0 saturated carbocycles. The average molecular weight is 512 g/mol. The van der Waals surface area contributed by atoms with Gasteiger partial charge in [0.25, 0.3) is 0 Å². The minimum atomic E-state index is -4.74. The van der Waals surface area contributed by atoms with Crippen LogP contribution in [-0.4, -0.2) is 28.7 Å². The third-order valence-electron chi connectivity index (χ3n) is 3.87. The summed E-state index contributed by atoms with van der Waals surface area (Å²) < 4.78 is 36.5. The van der Waals surface area contributed by atoms with Gasteiger partial charge in [-0.25, -0.2) is 8.42 Å². The van der Waals surface area contributed by atoms with Crippen LogP contribution in [0.3, 0.4) is 0 Å². The highest BCUT2D eigenvalue weighted by Crippen LogP contribution is 2.40. The van der Waals surface area contributed by atoms with E-state index in [0.717, 1.165) is 0 Å². The summed E-state index contributed by atoms with van der Waals surface area (Å²) in [6.45, 7) is 0. The number of hydrogen-bond acceptors (Lipinski definition) is 4. The number of rotatable bonds is 3. The van der Waals surface area contributed by atoms with Gasteiger partial charge in [0.1, 0.15) is 15.9 Å². The van der Waals surface area contributed by atoms with Crippen LogP contribution < -0.4 is 0 Å². The smallest absolute Gasteiger partial charge is 0.341 e. The molecule has 0 aliphatic heterocycles. The summed E-state index contributed by atoms with van der Waals surface area (Å²) in [5.41, 5.74) is 1.79. The first kappa shape index (κ1) is 19.8. The van der Waals surface area contributed by atoms with Crippen LogP contribution in [0.4, 0.5) is 0 Å². The summed E-state index contributed by atoms with van der Waals surface area (Å²) in [6, 6.07) is 10.4. The topological polar surface area (TPSA) is 98.8 Å². The Balaban J connectivity index is 2.44. The van der Waals surface area contributed by atoms with E-state index in [1.165, 1.54) is 36.4 Å². The lowest BCUT2D eigenvalue weighted by Crippen LogP contribution is -2.07. The maximum atomic E-state index is 11.8. The molecule has 2 N–H and O–H groups in total. The molecule has 0 radical (unpaired) electrons. The molecule has 0 aromatic heterocycles. The first-order chi connectivity index (χ1) is 12.7. The number of phenolic OH excluding ortho intramolecular Hbond substituents is 1. The molecule has 5 nitrogen and oxygen atoms in total. The van der Waals surface area contributed by atoms with Crippen molar-refractivity contribution in [3.8, 4) is 5.75 Å². The Morgan fingerprint density at radius 3 is 2.37 bits per heavy atom. The minimum Gasteiger partial charge on any atom is -0.744 e. The third kappa shape index (κ3) is 4.14. The maximum absolute atomic E-state index is 11.8. The van der Waals surface area contributed by atoms with E-state index in [1.807, 2.05) is 0 Å². The fourth-order valence-electron chi connectivity index (χ4n) is 2.74. The number of benzene rings is 2. The molecule has 0 amide bonds. The molecule has 2 aromatic rings. The van der Waals surface area contributed by atoms with Crippen LogP contribution in [0.1, 0.15) is 11.1 Å². The quantitative estimate of drug-likeness (QED) is 0.491. The van der Waals surface area contributed by atoms with Crippen LogP contribution >= 0.6 is 31.9 Å². The van der Waals surface area contributed by atoms with E-state index < -0.39 is 10.1 Å². The summed E-state index contributed by atoms with van der Waals surface area (Å²) in [6.07, 6.45) is 4.54.